The van der Waals surface area contributed by atoms with Crippen LogP contribution in [-0.2, 0) is 0 Å². The summed E-state index contributed by atoms with van der Waals surface area (Å²) in [7, 11) is 0. The molecular weight excluding hydrogens is 260 g/mol. The predicted molar refractivity (Wildman–Crippen MR) is 75.2 cm³/mol. The van der Waals surface area contributed by atoms with Crippen LogP contribution in [0, 0.1) is 0 Å². The van der Waals surface area contributed by atoms with Crippen molar-refractivity contribution >= 4 is 22.7 Å². The number of nitrogens with one attached hydrogen (secondary N) is 1. The quantitative estimate of drug-likeness (QED) is 0.570. The van der Waals surface area contributed by atoms with Crippen molar-refractivity contribution in [1.29, 1.82) is 0 Å². The Kier molecular flexibility index (Phi) is 3.00. The van der Waals surface area contributed by atoms with Gasteiger partial charge in [-0.25, -0.2) is 15.1 Å². The van der Waals surface area contributed by atoms with Gasteiger partial charge in [-0.2, -0.15) is 5.10 Å². The van der Waals surface area contributed by atoms with Gasteiger partial charge in [0.15, 0.2) is 5.82 Å². The number of benzene rings is 1. The van der Waals surface area contributed by atoms with Crippen molar-refractivity contribution < 1.29 is 0 Å². The Morgan fingerprint density at radius 1 is 1.16 bits per heavy atom. The fourth-order valence-electron chi connectivity index (χ4n) is 1.84. The molecule has 5 nitrogen and oxygen atoms in total. The third kappa shape index (κ3) is 2.10. The van der Waals surface area contributed by atoms with E-state index in [1.54, 1.807) is 6.20 Å². The van der Waals surface area contributed by atoms with Crippen LogP contribution in [0.1, 0.15) is 0 Å². The van der Waals surface area contributed by atoms with E-state index in [9.17, 15) is 4.79 Å². The Balaban J connectivity index is 2.33. The summed E-state index contributed by atoms with van der Waals surface area (Å²) in [5.41, 5.74) is 1.21. The topological polar surface area (TPSA) is 71.5 Å². The van der Waals surface area contributed by atoms with Gasteiger partial charge in [0.1, 0.15) is 15.9 Å². The number of H-pyrrole nitrogens is 1. The van der Waals surface area contributed by atoms with E-state index in [0.29, 0.717) is 21.8 Å². The average molecular weight is 270 g/mol. The van der Waals surface area contributed by atoms with Gasteiger partial charge in [0, 0.05) is 5.56 Å². The second-order valence-electron chi connectivity index (χ2n) is 3.88. The van der Waals surface area contributed by atoms with E-state index in [4.69, 9.17) is 0 Å². The Labute approximate surface area is 113 Å². The lowest BCUT2D eigenvalue weighted by Gasteiger charge is -2.05. The van der Waals surface area contributed by atoms with Crippen molar-refractivity contribution in [2.45, 2.75) is 5.03 Å². The van der Waals surface area contributed by atoms with Gasteiger partial charge in [-0.1, -0.05) is 30.3 Å². The number of nitrogens with zero attached hydrogens (tertiary/aromatic N) is 3. The Bertz CT molecular complexity index is 786. The van der Waals surface area contributed by atoms with Crippen LogP contribution in [0.25, 0.3) is 22.3 Å². The first-order valence-corrected chi connectivity index (χ1v) is 6.87. The minimum Gasteiger partial charge on any atom is -0.267 e. The molecule has 2 heterocycles. The number of hydrogen-bond donors (Lipinski definition) is 1. The molecule has 0 radical (unpaired) electrons. The number of aromatic nitrogens is 4. The molecule has 6 heteroatoms. The molecule has 0 spiro atoms. The highest BCUT2D eigenvalue weighted by Gasteiger charge is 2.11. The van der Waals surface area contributed by atoms with E-state index in [0.717, 1.165) is 5.56 Å². The largest absolute Gasteiger partial charge is 0.276 e. The van der Waals surface area contributed by atoms with Gasteiger partial charge in [0.25, 0.3) is 5.56 Å². The molecule has 0 atom stereocenters. The fraction of sp³-hybridized carbons (Fsp3) is 0.0769. The number of rotatable bonds is 2. The van der Waals surface area contributed by atoms with E-state index >= 15 is 0 Å². The van der Waals surface area contributed by atoms with Crippen molar-refractivity contribution in [3.8, 4) is 11.4 Å². The Morgan fingerprint density at radius 3 is 2.68 bits per heavy atom. The minimum absolute atomic E-state index is 0.263. The van der Waals surface area contributed by atoms with Crippen LogP contribution in [0.4, 0.5) is 0 Å². The Morgan fingerprint density at radius 2 is 1.95 bits per heavy atom. The lowest BCUT2D eigenvalue weighted by atomic mass is 10.2. The third-order valence-corrected chi connectivity index (χ3v) is 3.39. The molecule has 1 aromatic carbocycles. The van der Waals surface area contributed by atoms with Crippen LogP contribution in [0.2, 0.25) is 0 Å². The maximum atomic E-state index is 11.8. The van der Waals surface area contributed by atoms with Crippen molar-refractivity contribution in [3.63, 3.8) is 0 Å². The second-order valence-corrected chi connectivity index (χ2v) is 4.68. The molecule has 0 aliphatic heterocycles. The minimum atomic E-state index is -0.263. The van der Waals surface area contributed by atoms with E-state index in [1.165, 1.54) is 11.8 Å². The van der Waals surface area contributed by atoms with E-state index < -0.39 is 0 Å². The van der Waals surface area contributed by atoms with Gasteiger partial charge in [0.05, 0.1) is 6.20 Å². The van der Waals surface area contributed by atoms with Gasteiger partial charge in [-0.05, 0) is 6.26 Å². The summed E-state index contributed by atoms with van der Waals surface area (Å²) in [6.07, 6.45) is 3.43. The maximum absolute atomic E-state index is 11.8. The molecule has 0 fully saturated rings. The molecule has 19 heavy (non-hydrogen) atoms. The van der Waals surface area contributed by atoms with Gasteiger partial charge in [0.2, 0.25) is 0 Å². The average Bonchev–Trinajstić information content (AvgIpc) is 2.47. The SMILES string of the molecule is CSc1nc(-c2ccccc2)nc2cn[nH]c(=O)c12. The zero-order valence-electron chi connectivity index (χ0n) is 10.1. The smallest absolute Gasteiger partial charge is 0.267 e. The van der Waals surface area contributed by atoms with Crippen molar-refractivity contribution in [1.82, 2.24) is 20.2 Å². The van der Waals surface area contributed by atoms with Crippen LogP contribution in [0.15, 0.2) is 46.3 Å². The molecule has 0 aliphatic rings. The first-order chi connectivity index (χ1) is 9.29. The normalized spacial score (nSPS) is 10.8. The van der Waals surface area contributed by atoms with Gasteiger partial charge < -0.3 is 0 Å². The van der Waals surface area contributed by atoms with Crippen molar-refractivity contribution in [2.75, 3.05) is 6.26 Å². The molecule has 0 bridgehead atoms. The molecular formula is C13H10N4OS. The number of hydrogen-bond acceptors (Lipinski definition) is 5. The molecule has 2 aromatic heterocycles. The number of thioether (sulfide) groups is 1. The van der Waals surface area contributed by atoms with Gasteiger partial charge >= 0.3 is 0 Å². The van der Waals surface area contributed by atoms with Crippen LogP contribution >= 0.6 is 11.8 Å². The lowest BCUT2D eigenvalue weighted by molar-refractivity contribution is 0.984. The maximum Gasteiger partial charge on any atom is 0.276 e. The van der Waals surface area contributed by atoms with Crippen molar-refractivity contribution in [3.05, 3.63) is 46.9 Å². The highest BCUT2D eigenvalue weighted by Crippen LogP contribution is 2.23. The number of aromatic amines is 1. The van der Waals surface area contributed by atoms with Crippen LogP contribution in [0.3, 0.4) is 0 Å². The second kappa shape index (κ2) is 4.81. The molecule has 0 unspecified atom stereocenters. The fourth-order valence-corrected chi connectivity index (χ4v) is 2.41. The van der Waals surface area contributed by atoms with Gasteiger partial charge in [-0.3, -0.25) is 4.79 Å². The molecule has 0 amide bonds. The summed E-state index contributed by atoms with van der Waals surface area (Å²) in [4.78, 5) is 20.7. The molecule has 0 saturated carbocycles. The third-order valence-electron chi connectivity index (χ3n) is 2.71. The highest BCUT2D eigenvalue weighted by atomic mass is 32.2. The predicted octanol–water partition coefficient (Wildman–Crippen LogP) is 2.10. The summed E-state index contributed by atoms with van der Waals surface area (Å²) in [5, 5.41) is 7.34. The summed E-state index contributed by atoms with van der Waals surface area (Å²) in [5.74, 6) is 0.602. The van der Waals surface area contributed by atoms with Crippen molar-refractivity contribution in [2.24, 2.45) is 0 Å². The van der Waals surface area contributed by atoms with E-state index in [2.05, 4.69) is 20.2 Å². The van der Waals surface area contributed by atoms with Crippen LogP contribution in [0.5, 0.6) is 0 Å². The van der Waals surface area contributed by atoms with E-state index in [-0.39, 0.29) is 5.56 Å². The molecule has 3 aromatic rings. The zero-order chi connectivity index (χ0) is 13.2. The summed E-state index contributed by atoms with van der Waals surface area (Å²) >= 11 is 1.42. The molecule has 1 N–H and O–H groups in total. The monoisotopic (exact) mass is 270 g/mol. The number of fused-ring (bicyclic) bond motifs is 1. The standard InChI is InChI=1S/C13H10N4OS/c1-19-13-10-9(7-14-17-12(10)18)15-11(16-13)8-5-3-2-4-6-8/h2-7H,1H3,(H,17,18). The van der Waals surface area contributed by atoms with E-state index in [1.807, 2.05) is 36.6 Å². The molecule has 0 aliphatic carbocycles. The summed E-state index contributed by atoms with van der Waals surface area (Å²) in [6.45, 7) is 0. The lowest BCUT2D eigenvalue weighted by Crippen LogP contribution is -2.10. The zero-order valence-corrected chi connectivity index (χ0v) is 10.9. The first-order valence-electron chi connectivity index (χ1n) is 5.64. The highest BCUT2D eigenvalue weighted by molar-refractivity contribution is 7.98. The van der Waals surface area contributed by atoms with Gasteiger partial charge in [-0.15, -0.1) is 11.8 Å². The van der Waals surface area contributed by atoms with Crippen LogP contribution < -0.4 is 5.56 Å². The molecule has 94 valence electrons. The Hall–Kier alpha value is -2.21. The van der Waals surface area contributed by atoms with Crippen LogP contribution in [-0.4, -0.2) is 26.4 Å². The molecule has 0 saturated heterocycles. The summed E-state index contributed by atoms with van der Waals surface area (Å²) in [6, 6.07) is 9.67. The first kappa shape index (κ1) is 11.9. The molecule has 3 rings (SSSR count). The summed E-state index contributed by atoms with van der Waals surface area (Å²) < 4.78 is 0.